The maximum Gasteiger partial charge on any atom is 0.451 e. The normalized spacial score (nSPS) is 11.6. The fourth-order valence-corrected chi connectivity index (χ4v) is 1.66. The number of alkyl halides is 3. The molecule has 0 saturated carbocycles. The zero-order chi connectivity index (χ0) is 13.3. The first-order valence-corrected chi connectivity index (χ1v) is 5.36. The largest absolute Gasteiger partial charge is 0.451 e. The zero-order valence-electron chi connectivity index (χ0n) is 9.92. The van der Waals surface area contributed by atoms with Gasteiger partial charge in [-0.25, -0.2) is 9.97 Å². The second-order valence-electron chi connectivity index (χ2n) is 4.08. The van der Waals surface area contributed by atoms with Gasteiger partial charge in [-0.3, -0.25) is 0 Å². The van der Waals surface area contributed by atoms with Crippen molar-refractivity contribution in [1.29, 1.82) is 0 Å². The molecular weight excluding hydrogens is 241 g/mol. The Labute approximate surface area is 103 Å². The lowest BCUT2D eigenvalue weighted by Gasteiger charge is -2.09. The fraction of sp³-hybridized carbons (Fsp3) is 0.231. The molecule has 0 atom stereocenters. The number of aryl methyl sites for hydroxylation is 2. The molecule has 5 heteroatoms. The number of rotatable bonds is 1. The van der Waals surface area contributed by atoms with E-state index in [0.29, 0.717) is 11.3 Å². The minimum atomic E-state index is -4.52. The zero-order valence-corrected chi connectivity index (χ0v) is 9.92. The van der Waals surface area contributed by atoms with Crippen molar-refractivity contribution in [3.05, 3.63) is 47.4 Å². The van der Waals surface area contributed by atoms with Crippen LogP contribution in [0, 0.1) is 13.8 Å². The van der Waals surface area contributed by atoms with E-state index in [0.717, 1.165) is 17.3 Å². The van der Waals surface area contributed by atoms with Crippen LogP contribution in [0.4, 0.5) is 13.2 Å². The maximum absolute atomic E-state index is 12.5. The highest BCUT2D eigenvalue weighted by molar-refractivity contribution is 5.64. The Morgan fingerprint density at radius 1 is 1.06 bits per heavy atom. The molecule has 2 aromatic rings. The van der Waals surface area contributed by atoms with Gasteiger partial charge in [-0.1, -0.05) is 17.7 Å². The second kappa shape index (κ2) is 4.40. The predicted octanol–water partition coefficient (Wildman–Crippen LogP) is 3.78. The Morgan fingerprint density at radius 2 is 1.78 bits per heavy atom. The third-order valence-electron chi connectivity index (χ3n) is 2.58. The van der Waals surface area contributed by atoms with E-state index in [1.807, 2.05) is 32.0 Å². The lowest BCUT2D eigenvalue weighted by Crippen LogP contribution is -2.11. The average molecular weight is 252 g/mol. The predicted molar refractivity (Wildman–Crippen MR) is 61.9 cm³/mol. The summed E-state index contributed by atoms with van der Waals surface area (Å²) >= 11 is 0. The van der Waals surface area contributed by atoms with Gasteiger partial charge in [0.15, 0.2) is 0 Å². The van der Waals surface area contributed by atoms with Crippen molar-refractivity contribution in [2.75, 3.05) is 0 Å². The lowest BCUT2D eigenvalue weighted by molar-refractivity contribution is -0.144. The van der Waals surface area contributed by atoms with Crippen LogP contribution in [0.25, 0.3) is 11.3 Å². The third-order valence-corrected chi connectivity index (χ3v) is 2.58. The van der Waals surface area contributed by atoms with E-state index in [2.05, 4.69) is 9.97 Å². The average Bonchev–Trinajstić information content (AvgIpc) is 2.31. The van der Waals surface area contributed by atoms with Crippen LogP contribution in [-0.2, 0) is 6.18 Å². The Balaban J connectivity index is 2.55. The van der Waals surface area contributed by atoms with Crippen molar-refractivity contribution in [2.24, 2.45) is 0 Å². The van der Waals surface area contributed by atoms with E-state index in [4.69, 9.17) is 0 Å². The minimum absolute atomic E-state index is 0.290. The summed E-state index contributed by atoms with van der Waals surface area (Å²) in [6.45, 7) is 3.72. The molecule has 1 aromatic carbocycles. The molecule has 0 radical (unpaired) electrons. The highest BCUT2D eigenvalue weighted by Gasteiger charge is 2.34. The van der Waals surface area contributed by atoms with Crippen molar-refractivity contribution in [2.45, 2.75) is 20.0 Å². The summed E-state index contributed by atoms with van der Waals surface area (Å²) in [4.78, 5) is 6.83. The Kier molecular flexibility index (Phi) is 3.07. The van der Waals surface area contributed by atoms with Gasteiger partial charge >= 0.3 is 6.18 Å². The van der Waals surface area contributed by atoms with Gasteiger partial charge in [0.25, 0.3) is 0 Å². The first kappa shape index (κ1) is 12.5. The van der Waals surface area contributed by atoms with Crippen LogP contribution in [0.5, 0.6) is 0 Å². The number of aromatic nitrogens is 2. The quantitative estimate of drug-likeness (QED) is 0.771. The molecule has 0 saturated heterocycles. The van der Waals surface area contributed by atoms with Gasteiger partial charge in [0.2, 0.25) is 5.82 Å². The number of nitrogens with zero attached hydrogens (tertiary/aromatic N) is 2. The molecule has 94 valence electrons. The molecule has 0 fully saturated rings. The molecule has 0 aliphatic rings. The molecule has 0 unspecified atom stereocenters. The molecule has 0 aliphatic carbocycles. The standard InChI is InChI=1S/C13H11F3N2/c1-8-3-4-9(2)10(7-8)11-5-6-17-12(18-11)13(14,15)16/h3-7H,1-2H3. The van der Waals surface area contributed by atoms with E-state index >= 15 is 0 Å². The monoisotopic (exact) mass is 252 g/mol. The number of benzene rings is 1. The van der Waals surface area contributed by atoms with Crippen LogP contribution in [-0.4, -0.2) is 9.97 Å². The van der Waals surface area contributed by atoms with Crippen LogP contribution in [0.1, 0.15) is 17.0 Å². The SMILES string of the molecule is Cc1ccc(C)c(-c2ccnc(C(F)(F)F)n2)c1. The Hall–Kier alpha value is -1.91. The summed E-state index contributed by atoms with van der Waals surface area (Å²) < 4.78 is 37.6. The van der Waals surface area contributed by atoms with E-state index in [9.17, 15) is 13.2 Å². The van der Waals surface area contributed by atoms with Crippen LogP contribution in [0.3, 0.4) is 0 Å². The topological polar surface area (TPSA) is 25.8 Å². The summed E-state index contributed by atoms with van der Waals surface area (Å²) in [5.41, 5.74) is 2.84. The van der Waals surface area contributed by atoms with E-state index < -0.39 is 12.0 Å². The highest BCUT2D eigenvalue weighted by atomic mass is 19.4. The van der Waals surface area contributed by atoms with Gasteiger partial charge in [0.1, 0.15) is 0 Å². The van der Waals surface area contributed by atoms with Gasteiger partial charge in [-0.05, 0) is 31.5 Å². The van der Waals surface area contributed by atoms with Crippen molar-refractivity contribution in [3.63, 3.8) is 0 Å². The molecule has 0 aliphatic heterocycles. The van der Waals surface area contributed by atoms with Gasteiger partial charge in [-0.2, -0.15) is 13.2 Å². The van der Waals surface area contributed by atoms with Crippen LogP contribution >= 0.6 is 0 Å². The summed E-state index contributed by atoms with van der Waals surface area (Å²) in [5.74, 6) is -1.11. The Bertz CT molecular complexity index is 577. The number of hydrogen-bond acceptors (Lipinski definition) is 2. The van der Waals surface area contributed by atoms with E-state index in [1.54, 1.807) is 0 Å². The van der Waals surface area contributed by atoms with Crippen molar-refractivity contribution in [1.82, 2.24) is 9.97 Å². The summed E-state index contributed by atoms with van der Waals surface area (Å²) in [6.07, 6.45) is -3.39. The molecular formula is C13H11F3N2. The second-order valence-corrected chi connectivity index (χ2v) is 4.08. The summed E-state index contributed by atoms with van der Waals surface area (Å²) in [6, 6.07) is 7.07. The van der Waals surface area contributed by atoms with Crippen LogP contribution < -0.4 is 0 Å². The lowest BCUT2D eigenvalue weighted by atomic mass is 10.0. The molecule has 1 heterocycles. The molecule has 18 heavy (non-hydrogen) atoms. The molecule has 0 amide bonds. The van der Waals surface area contributed by atoms with Crippen LogP contribution in [0.15, 0.2) is 30.5 Å². The first-order valence-electron chi connectivity index (χ1n) is 5.36. The van der Waals surface area contributed by atoms with Crippen molar-refractivity contribution in [3.8, 4) is 11.3 Å². The van der Waals surface area contributed by atoms with Crippen molar-refractivity contribution < 1.29 is 13.2 Å². The number of halogens is 3. The molecule has 0 N–H and O–H groups in total. The summed E-state index contributed by atoms with van der Waals surface area (Å²) in [7, 11) is 0. The minimum Gasteiger partial charge on any atom is -0.233 e. The Morgan fingerprint density at radius 3 is 2.44 bits per heavy atom. The first-order chi connectivity index (χ1) is 8.38. The molecule has 0 bridgehead atoms. The van der Waals surface area contributed by atoms with E-state index in [-0.39, 0.29) is 0 Å². The van der Waals surface area contributed by atoms with Crippen molar-refractivity contribution >= 4 is 0 Å². The molecule has 0 spiro atoms. The fourth-order valence-electron chi connectivity index (χ4n) is 1.66. The third kappa shape index (κ3) is 2.50. The smallest absolute Gasteiger partial charge is 0.233 e. The summed E-state index contributed by atoms with van der Waals surface area (Å²) in [5, 5.41) is 0. The molecule has 1 aromatic heterocycles. The van der Waals surface area contributed by atoms with Gasteiger partial charge < -0.3 is 0 Å². The van der Waals surface area contributed by atoms with Crippen LogP contribution in [0.2, 0.25) is 0 Å². The van der Waals surface area contributed by atoms with Gasteiger partial charge in [0.05, 0.1) is 5.69 Å². The van der Waals surface area contributed by atoms with E-state index in [1.165, 1.54) is 6.07 Å². The number of hydrogen-bond donors (Lipinski definition) is 0. The molecule has 2 rings (SSSR count). The van der Waals surface area contributed by atoms with Gasteiger partial charge in [-0.15, -0.1) is 0 Å². The molecule has 2 nitrogen and oxygen atoms in total. The van der Waals surface area contributed by atoms with Gasteiger partial charge in [0, 0.05) is 11.8 Å². The highest BCUT2D eigenvalue weighted by Crippen LogP contribution is 2.28. The maximum atomic E-state index is 12.5.